The zero-order chi connectivity index (χ0) is 17.0. The Kier molecular flexibility index (Phi) is 5.59. The van der Waals surface area contributed by atoms with E-state index in [1.165, 1.54) is 18.2 Å². The Bertz CT molecular complexity index is 677. The Morgan fingerprint density at radius 3 is 2.50 bits per heavy atom. The predicted octanol–water partition coefficient (Wildman–Crippen LogP) is 2.97. The molecule has 0 unspecified atom stereocenters. The van der Waals surface area contributed by atoms with Gasteiger partial charge >= 0.3 is 21.6 Å². The quantitative estimate of drug-likeness (QED) is 0.490. The number of benzene rings is 1. The summed E-state index contributed by atoms with van der Waals surface area (Å²) >= 11 is 0. The van der Waals surface area contributed by atoms with E-state index in [4.69, 9.17) is 5.11 Å². The monoisotopic (exact) mass is 338 g/mol. The average molecular weight is 338 g/mol. The highest BCUT2D eigenvalue weighted by molar-refractivity contribution is 7.88. The molecule has 0 aromatic heterocycles. The van der Waals surface area contributed by atoms with Crippen LogP contribution in [0.2, 0.25) is 0 Å². The molecule has 0 saturated heterocycles. The van der Waals surface area contributed by atoms with Crippen LogP contribution < -0.4 is 4.18 Å². The first-order valence-corrected chi connectivity index (χ1v) is 7.52. The molecule has 0 fully saturated rings. The van der Waals surface area contributed by atoms with Gasteiger partial charge in [0.2, 0.25) is 0 Å². The molecular weight excluding hydrogens is 325 g/mol. The zero-order valence-electron chi connectivity index (χ0n) is 11.4. The molecule has 0 spiro atoms. The van der Waals surface area contributed by atoms with E-state index in [9.17, 15) is 26.4 Å². The van der Waals surface area contributed by atoms with Gasteiger partial charge in [-0.1, -0.05) is 19.4 Å². The van der Waals surface area contributed by atoms with Gasteiger partial charge in [0, 0.05) is 6.08 Å². The predicted molar refractivity (Wildman–Crippen MR) is 72.7 cm³/mol. The molecule has 0 bridgehead atoms. The number of hydrogen-bond donors (Lipinski definition) is 1. The van der Waals surface area contributed by atoms with Crippen LogP contribution in [-0.4, -0.2) is 25.0 Å². The van der Waals surface area contributed by atoms with Crippen LogP contribution in [0.3, 0.4) is 0 Å². The van der Waals surface area contributed by atoms with Crippen LogP contribution in [0.1, 0.15) is 24.5 Å². The lowest BCUT2D eigenvalue weighted by Crippen LogP contribution is -2.28. The third kappa shape index (κ3) is 4.76. The third-order valence-electron chi connectivity index (χ3n) is 2.51. The summed E-state index contributed by atoms with van der Waals surface area (Å²) in [5.74, 6) is -1.61. The second-order valence-electron chi connectivity index (χ2n) is 4.27. The van der Waals surface area contributed by atoms with E-state index < -0.39 is 27.3 Å². The van der Waals surface area contributed by atoms with Crippen LogP contribution in [-0.2, 0) is 21.3 Å². The smallest absolute Gasteiger partial charge is 0.478 e. The van der Waals surface area contributed by atoms with Gasteiger partial charge in [0.25, 0.3) is 0 Å². The molecule has 1 aromatic rings. The minimum absolute atomic E-state index is 0.239. The van der Waals surface area contributed by atoms with Gasteiger partial charge in [-0.3, -0.25) is 0 Å². The van der Waals surface area contributed by atoms with Crippen LogP contribution in [0.25, 0.3) is 6.08 Å². The molecule has 9 heteroatoms. The van der Waals surface area contributed by atoms with Crippen molar-refractivity contribution >= 4 is 22.2 Å². The van der Waals surface area contributed by atoms with E-state index in [0.29, 0.717) is 12.0 Å². The number of carbonyl (C=O) groups is 1. The Balaban J connectivity index is 3.18. The van der Waals surface area contributed by atoms with Gasteiger partial charge < -0.3 is 9.29 Å². The summed E-state index contributed by atoms with van der Waals surface area (Å²) in [4.78, 5) is 10.4. The van der Waals surface area contributed by atoms with Gasteiger partial charge in [-0.05, 0) is 35.8 Å². The van der Waals surface area contributed by atoms with Gasteiger partial charge in [-0.25, -0.2) is 4.79 Å². The summed E-state index contributed by atoms with van der Waals surface area (Å²) in [6, 6.07) is 3.71. The number of carboxylic acids is 1. The molecule has 0 heterocycles. The molecule has 0 amide bonds. The minimum atomic E-state index is -5.74. The number of alkyl halides is 3. The standard InChI is InChI=1S/C13H13F3O5S/c1-2-3-10-8-9(5-7-12(17)18)4-6-11(10)21-22(19,20)13(14,15)16/h4-8H,2-3H2,1H3,(H,17,18). The highest BCUT2D eigenvalue weighted by atomic mass is 32.2. The SMILES string of the molecule is CCCc1cc(C=CC(=O)O)ccc1OS(=O)(=O)C(F)(F)F. The fraction of sp³-hybridized carbons (Fsp3) is 0.308. The van der Waals surface area contributed by atoms with E-state index in [0.717, 1.165) is 12.1 Å². The Morgan fingerprint density at radius 2 is 2.00 bits per heavy atom. The lowest BCUT2D eigenvalue weighted by molar-refractivity contribution is -0.131. The second kappa shape index (κ2) is 6.82. The number of aryl methyl sites for hydroxylation is 1. The van der Waals surface area contributed by atoms with Crippen molar-refractivity contribution in [1.29, 1.82) is 0 Å². The van der Waals surface area contributed by atoms with Crippen molar-refractivity contribution in [2.75, 3.05) is 0 Å². The highest BCUT2D eigenvalue weighted by Gasteiger charge is 2.48. The van der Waals surface area contributed by atoms with E-state index in [2.05, 4.69) is 4.18 Å². The second-order valence-corrected chi connectivity index (χ2v) is 5.81. The van der Waals surface area contributed by atoms with Crippen LogP contribution in [0.15, 0.2) is 24.3 Å². The first-order valence-electron chi connectivity index (χ1n) is 6.11. The number of carboxylic acid groups (broad SMARTS) is 1. The summed E-state index contributed by atoms with van der Waals surface area (Å²) in [6.07, 6.45) is 2.91. The maximum Gasteiger partial charge on any atom is 0.534 e. The maximum atomic E-state index is 12.3. The van der Waals surface area contributed by atoms with Crippen molar-refractivity contribution < 1.29 is 35.7 Å². The van der Waals surface area contributed by atoms with Gasteiger partial charge in [0.15, 0.2) is 0 Å². The minimum Gasteiger partial charge on any atom is -0.478 e. The van der Waals surface area contributed by atoms with Crippen LogP contribution in [0, 0.1) is 0 Å². The van der Waals surface area contributed by atoms with Crippen molar-refractivity contribution in [3.8, 4) is 5.75 Å². The Hall–Kier alpha value is -2.03. The van der Waals surface area contributed by atoms with Gasteiger partial charge in [0.1, 0.15) is 5.75 Å². The zero-order valence-corrected chi connectivity index (χ0v) is 12.2. The van der Waals surface area contributed by atoms with E-state index in [1.807, 2.05) is 0 Å². The lowest BCUT2D eigenvalue weighted by Gasteiger charge is -2.13. The van der Waals surface area contributed by atoms with E-state index in [1.54, 1.807) is 6.92 Å². The Labute approximate surface area is 125 Å². The number of rotatable bonds is 6. The largest absolute Gasteiger partial charge is 0.534 e. The van der Waals surface area contributed by atoms with E-state index in [-0.39, 0.29) is 12.0 Å². The summed E-state index contributed by atoms with van der Waals surface area (Å²) < 4.78 is 63.2. The molecule has 5 nitrogen and oxygen atoms in total. The molecule has 1 aromatic carbocycles. The summed E-state index contributed by atoms with van der Waals surface area (Å²) in [5.41, 5.74) is -4.87. The molecule has 0 atom stereocenters. The molecule has 22 heavy (non-hydrogen) atoms. The number of halogens is 3. The van der Waals surface area contributed by atoms with Crippen LogP contribution in [0.5, 0.6) is 5.75 Å². The van der Waals surface area contributed by atoms with Crippen molar-refractivity contribution in [2.24, 2.45) is 0 Å². The first kappa shape index (κ1) is 18.0. The molecule has 122 valence electrons. The van der Waals surface area contributed by atoms with Gasteiger partial charge in [-0.15, -0.1) is 0 Å². The average Bonchev–Trinajstić information content (AvgIpc) is 2.37. The van der Waals surface area contributed by atoms with Crippen molar-refractivity contribution in [3.05, 3.63) is 35.4 Å². The molecule has 1 rings (SSSR count). The van der Waals surface area contributed by atoms with Crippen molar-refractivity contribution in [2.45, 2.75) is 25.3 Å². The summed E-state index contributed by atoms with van der Waals surface area (Å²) in [5, 5.41) is 8.53. The summed E-state index contributed by atoms with van der Waals surface area (Å²) in [7, 11) is -5.74. The third-order valence-corrected chi connectivity index (χ3v) is 3.47. The van der Waals surface area contributed by atoms with Crippen molar-refractivity contribution in [1.82, 2.24) is 0 Å². The Morgan fingerprint density at radius 1 is 1.36 bits per heavy atom. The molecule has 0 radical (unpaired) electrons. The van der Waals surface area contributed by atoms with Gasteiger partial charge in [0.05, 0.1) is 0 Å². The molecule has 1 N–H and O–H groups in total. The molecule has 0 saturated carbocycles. The normalized spacial score (nSPS) is 12.5. The number of hydrogen-bond acceptors (Lipinski definition) is 4. The van der Waals surface area contributed by atoms with Gasteiger partial charge in [-0.2, -0.15) is 21.6 Å². The lowest BCUT2D eigenvalue weighted by atomic mass is 10.1. The van der Waals surface area contributed by atoms with E-state index >= 15 is 0 Å². The molecular formula is C13H13F3O5S. The number of aliphatic carboxylic acids is 1. The fourth-order valence-electron chi connectivity index (χ4n) is 1.58. The topological polar surface area (TPSA) is 80.7 Å². The van der Waals surface area contributed by atoms with Crippen LogP contribution >= 0.6 is 0 Å². The first-order chi connectivity index (χ1) is 10.1. The molecule has 0 aliphatic heterocycles. The highest BCUT2D eigenvalue weighted by Crippen LogP contribution is 2.30. The fourth-order valence-corrected chi connectivity index (χ4v) is 2.08. The molecule has 0 aliphatic carbocycles. The maximum absolute atomic E-state index is 12.3. The molecule has 0 aliphatic rings. The van der Waals surface area contributed by atoms with Crippen molar-refractivity contribution in [3.63, 3.8) is 0 Å². The summed E-state index contributed by atoms with van der Waals surface area (Å²) in [6.45, 7) is 1.75. The van der Waals surface area contributed by atoms with Crippen LogP contribution in [0.4, 0.5) is 13.2 Å².